The fraction of sp³-hybridized carbons (Fsp3) is 0.429. The van der Waals surface area contributed by atoms with Crippen molar-refractivity contribution in [2.24, 2.45) is 5.73 Å². The molecule has 0 aliphatic heterocycles. The third-order valence-electron chi connectivity index (χ3n) is 2.72. The van der Waals surface area contributed by atoms with Gasteiger partial charge in [-0.05, 0) is 26.8 Å². The van der Waals surface area contributed by atoms with E-state index in [1.54, 1.807) is 13.8 Å². The number of urea groups is 1. The Morgan fingerprint density at radius 2 is 2.05 bits per heavy atom. The molecule has 1 unspecified atom stereocenters. The molecular formula is C14H20FN3O3. The van der Waals surface area contributed by atoms with Crippen molar-refractivity contribution in [1.82, 2.24) is 10.6 Å². The fourth-order valence-electron chi connectivity index (χ4n) is 1.63. The van der Waals surface area contributed by atoms with E-state index in [0.717, 1.165) is 6.07 Å². The maximum absolute atomic E-state index is 13.7. The van der Waals surface area contributed by atoms with Crippen molar-refractivity contribution in [3.05, 3.63) is 29.6 Å². The van der Waals surface area contributed by atoms with Gasteiger partial charge in [0.05, 0.1) is 0 Å². The number of hydrogen-bond donors (Lipinski definition) is 3. The van der Waals surface area contributed by atoms with Crippen LogP contribution in [0.25, 0.3) is 0 Å². The molecule has 0 aliphatic rings. The molecule has 0 aromatic heterocycles. The predicted octanol–water partition coefficient (Wildman–Crippen LogP) is 1.46. The number of imide groups is 1. The summed E-state index contributed by atoms with van der Waals surface area (Å²) in [6.07, 6.45) is -0.937. The maximum atomic E-state index is 13.7. The van der Waals surface area contributed by atoms with Crippen molar-refractivity contribution in [3.63, 3.8) is 0 Å². The van der Waals surface area contributed by atoms with E-state index in [4.69, 9.17) is 10.5 Å². The summed E-state index contributed by atoms with van der Waals surface area (Å²) in [7, 11) is 0. The first kappa shape index (κ1) is 16.9. The number of ether oxygens (including phenoxy) is 1. The van der Waals surface area contributed by atoms with Gasteiger partial charge in [-0.2, -0.15) is 0 Å². The number of benzene rings is 1. The Labute approximate surface area is 122 Å². The van der Waals surface area contributed by atoms with Crippen LogP contribution in [0, 0.1) is 5.82 Å². The molecule has 0 heterocycles. The molecule has 0 saturated heterocycles. The molecule has 6 nitrogen and oxygen atoms in total. The highest BCUT2D eigenvalue weighted by Crippen LogP contribution is 2.21. The second kappa shape index (κ2) is 7.58. The molecule has 0 fully saturated rings. The van der Waals surface area contributed by atoms with E-state index in [9.17, 15) is 14.0 Å². The minimum Gasteiger partial charge on any atom is -0.481 e. The Morgan fingerprint density at radius 3 is 2.57 bits per heavy atom. The van der Waals surface area contributed by atoms with Gasteiger partial charge in [-0.15, -0.1) is 0 Å². The van der Waals surface area contributed by atoms with Gasteiger partial charge < -0.3 is 15.8 Å². The van der Waals surface area contributed by atoms with Gasteiger partial charge in [0, 0.05) is 24.2 Å². The molecule has 0 radical (unpaired) electrons. The van der Waals surface area contributed by atoms with Crippen molar-refractivity contribution >= 4 is 11.9 Å². The lowest BCUT2D eigenvalue weighted by atomic mass is 10.1. The van der Waals surface area contributed by atoms with Crippen LogP contribution in [-0.2, 0) is 4.79 Å². The Hall–Kier alpha value is -2.15. The quantitative estimate of drug-likeness (QED) is 0.767. The molecule has 2 atom stereocenters. The average Bonchev–Trinajstić information content (AvgIpc) is 2.38. The number of nitrogens with two attached hydrogens (primary N) is 1. The maximum Gasteiger partial charge on any atom is 0.321 e. The van der Waals surface area contributed by atoms with Crippen LogP contribution in [0.3, 0.4) is 0 Å². The zero-order valence-corrected chi connectivity index (χ0v) is 12.3. The molecule has 0 bridgehead atoms. The fourth-order valence-corrected chi connectivity index (χ4v) is 1.63. The highest BCUT2D eigenvalue weighted by molar-refractivity contribution is 5.96. The van der Waals surface area contributed by atoms with E-state index in [0.29, 0.717) is 12.1 Å². The number of amides is 3. The largest absolute Gasteiger partial charge is 0.481 e. The minimum atomic E-state index is -0.937. The van der Waals surface area contributed by atoms with Gasteiger partial charge in [-0.3, -0.25) is 10.1 Å². The minimum absolute atomic E-state index is 0.190. The van der Waals surface area contributed by atoms with E-state index in [-0.39, 0.29) is 5.75 Å². The molecule has 21 heavy (non-hydrogen) atoms. The molecule has 116 valence electrons. The van der Waals surface area contributed by atoms with E-state index in [2.05, 4.69) is 10.6 Å². The standard InChI is InChI=1S/C14H20FN3O3/c1-4-17-14(20)18-13(19)9(3)21-10-5-6-11(8(2)16)12(15)7-10/h5-9H,4,16H2,1-3H3,(H2,17,18,19,20)/t8-,9?/m0/s1. The van der Waals surface area contributed by atoms with Gasteiger partial charge in [-0.1, -0.05) is 6.07 Å². The first-order valence-corrected chi connectivity index (χ1v) is 6.65. The Bertz CT molecular complexity index is 520. The third-order valence-corrected chi connectivity index (χ3v) is 2.72. The van der Waals surface area contributed by atoms with Gasteiger partial charge in [0.15, 0.2) is 6.10 Å². The van der Waals surface area contributed by atoms with Gasteiger partial charge in [0.25, 0.3) is 5.91 Å². The molecule has 0 saturated carbocycles. The summed E-state index contributed by atoms with van der Waals surface area (Å²) in [6.45, 7) is 5.26. The summed E-state index contributed by atoms with van der Waals surface area (Å²) < 4.78 is 19.0. The predicted molar refractivity (Wildman–Crippen MR) is 76.3 cm³/mol. The lowest BCUT2D eigenvalue weighted by Crippen LogP contribution is -2.45. The summed E-state index contributed by atoms with van der Waals surface area (Å²) in [5.74, 6) is -0.924. The molecule has 1 rings (SSSR count). The molecular weight excluding hydrogens is 277 g/mol. The monoisotopic (exact) mass is 297 g/mol. The average molecular weight is 297 g/mol. The van der Waals surface area contributed by atoms with Crippen LogP contribution in [0.1, 0.15) is 32.4 Å². The number of nitrogens with one attached hydrogen (secondary N) is 2. The van der Waals surface area contributed by atoms with E-state index in [1.165, 1.54) is 19.1 Å². The van der Waals surface area contributed by atoms with Crippen molar-refractivity contribution in [2.75, 3.05) is 6.54 Å². The van der Waals surface area contributed by atoms with Crippen LogP contribution in [0.4, 0.5) is 9.18 Å². The molecule has 0 aliphatic carbocycles. The summed E-state index contributed by atoms with van der Waals surface area (Å²) in [5, 5.41) is 4.54. The Balaban J connectivity index is 2.66. The van der Waals surface area contributed by atoms with Gasteiger partial charge >= 0.3 is 6.03 Å². The van der Waals surface area contributed by atoms with Gasteiger partial charge in [0.1, 0.15) is 11.6 Å². The number of carbonyl (C=O) groups is 2. The number of halogens is 1. The van der Waals surface area contributed by atoms with Crippen molar-refractivity contribution in [1.29, 1.82) is 0 Å². The first-order chi connectivity index (χ1) is 9.85. The van der Waals surface area contributed by atoms with Crippen LogP contribution < -0.4 is 21.1 Å². The molecule has 7 heteroatoms. The van der Waals surface area contributed by atoms with Crippen LogP contribution in [0.2, 0.25) is 0 Å². The molecule has 1 aromatic carbocycles. The second-order valence-electron chi connectivity index (χ2n) is 4.58. The summed E-state index contributed by atoms with van der Waals surface area (Å²) in [4.78, 5) is 22.9. The van der Waals surface area contributed by atoms with Crippen LogP contribution >= 0.6 is 0 Å². The van der Waals surface area contributed by atoms with Crippen molar-refractivity contribution in [3.8, 4) is 5.75 Å². The number of carbonyl (C=O) groups excluding carboxylic acids is 2. The van der Waals surface area contributed by atoms with E-state index >= 15 is 0 Å². The third kappa shape index (κ3) is 5.03. The Morgan fingerprint density at radius 1 is 1.38 bits per heavy atom. The topological polar surface area (TPSA) is 93.5 Å². The molecule has 0 spiro atoms. The number of hydrogen-bond acceptors (Lipinski definition) is 4. The zero-order chi connectivity index (χ0) is 16.0. The SMILES string of the molecule is CCNC(=O)NC(=O)C(C)Oc1ccc([C@H](C)N)c(F)c1. The number of rotatable bonds is 5. The lowest BCUT2D eigenvalue weighted by Gasteiger charge is -2.15. The van der Waals surface area contributed by atoms with Gasteiger partial charge in [0.2, 0.25) is 0 Å². The zero-order valence-electron chi connectivity index (χ0n) is 12.3. The summed E-state index contributed by atoms with van der Waals surface area (Å²) >= 11 is 0. The summed E-state index contributed by atoms with van der Waals surface area (Å²) in [6, 6.07) is 3.16. The smallest absolute Gasteiger partial charge is 0.321 e. The lowest BCUT2D eigenvalue weighted by molar-refractivity contribution is -0.126. The molecule has 4 N–H and O–H groups in total. The van der Waals surface area contributed by atoms with Crippen molar-refractivity contribution in [2.45, 2.75) is 32.9 Å². The van der Waals surface area contributed by atoms with Crippen LogP contribution in [0.15, 0.2) is 18.2 Å². The van der Waals surface area contributed by atoms with Gasteiger partial charge in [-0.25, -0.2) is 9.18 Å². The highest BCUT2D eigenvalue weighted by atomic mass is 19.1. The summed E-state index contributed by atoms with van der Waals surface area (Å²) in [5.41, 5.74) is 5.97. The van der Waals surface area contributed by atoms with Crippen molar-refractivity contribution < 1.29 is 18.7 Å². The Kier molecular flexibility index (Phi) is 6.10. The van der Waals surface area contributed by atoms with Crippen LogP contribution in [0.5, 0.6) is 5.75 Å². The van der Waals surface area contributed by atoms with E-state index in [1.807, 2.05) is 0 Å². The normalized spacial score (nSPS) is 13.2. The highest BCUT2D eigenvalue weighted by Gasteiger charge is 2.18. The van der Waals surface area contributed by atoms with E-state index < -0.39 is 29.9 Å². The molecule has 1 aromatic rings. The second-order valence-corrected chi connectivity index (χ2v) is 4.58. The molecule has 3 amide bonds. The van der Waals surface area contributed by atoms with Crippen LogP contribution in [-0.4, -0.2) is 24.6 Å². The first-order valence-electron chi connectivity index (χ1n) is 6.65.